The molecule has 3 fully saturated rings. The van der Waals surface area contributed by atoms with E-state index < -0.39 is 165 Å². The van der Waals surface area contributed by atoms with E-state index in [0.717, 1.165) is 66.7 Å². The monoisotopic (exact) mass is 1250 g/mol. The number of unbranched alkanes of at least 4 members (excludes halogenated alkanes) is 4. The summed E-state index contributed by atoms with van der Waals surface area (Å²) in [5.74, 6) is -9.58. The molecule has 0 aliphatic carbocycles. The number of aliphatic hydroxyl groups is 6. The van der Waals surface area contributed by atoms with E-state index in [1.54, 1.807) is 19.2 Å². The van der Waals surface area contributed by atoms with Crippen molar-refractivity contribution in [3.05, 3.63) is 77.9 Å². The number of benzene rings is 3. The molecule has 3 aliphatic heterocycles. The zero-order chi connectivity index (χ0) is 63.9. The minimum atomic E-state index is -2.17. The average Bonchev–Trinajstić information content (AvgIpc) is 4.47. The van der Waals surface area contributed by atoms with E-state index in [-0.39, 0.29) is 29.2 Å². The Morgan fingerprint density at radius 2 is 1.34 bits per heavy atom. The molecule has 3 saturated heterocycles. The predicted octanol–water partition coefficient (Wildman–Crippen LogP) is -1.61. The van der Waals surface area contributed by atoms with Crippen molar-refractivity contribution in [3.8, 4) is 38.4 Å². The van der Waals surface area contributed by atoms with Crippen molar-refractivity contribution in [2.75, 3.05) is 47.1 Å². The second kappa shape index (κ2) is 31.3. The summed E-state index contributed by atoms with van der Waals surface area (Å²) in [5, 5.41) is 100. The Hall–Kier alpha value is -7.90. The van der Waals surface area contributed by atoms with Crippen molar-refractivity contribution in [1.29, 1.82) is 0 Å². The minimum absolute atomic E-state index is 0.0173. The Morgan fingerprint density at radius 1 is 0.727 bits per heavy atom. The summed E-state index contributed by atoms with van der Waals surface area (Å²) in [6, 6.07) is 6.05. The maximum Gasteiger partial charge on any atom is 0.251 e. The van der Waals surface area contributed by atoms with Gasteiger partial charge in [-0.05, 0) is 73.9 Å². The molecule has 3 aliphatic rings. The Labute approximate surface area is 511 Å². The smallest absolute Gasteiger partial charge is 0.251 e. The predicted molar refractivity (Wildman–Crippen MR) is 315 cm³/mol. The maximum atomic E-state index is 14.7. The highest BCUT2D eigenvalue weighted by atomic mass is 32.1. The first kappa shape index (κ1) is 67.6. The molecule has 14 N–H and O–H groups in total. The van der Waals surface area contributed by atoms with E-state index in [1.165, 1.54) is 55.7 Å². The zero-order valence-electron chi connectivity index (χ0n) is 49.2. The lowest BCUT2D eigenvalue weighted by atomic mass is 9.98. The molecule has 28 nitrogen and oxygen atoms in total. The highest BCUT2D eigenvalue weighted by Crippen LogP contribution is 2.32. The number of hydrogen-bond donors (Lipinski definition) is 13. The first-order chi connectivity index (χ1) is 42.0. The van der Waals surface area contributed by atoms with Crippen molar-refractivity contribution >= 4 is 58.6 Å². The van der Waals surface area contributed by atoms with E-state index in [4.69, 9.17) is 19.9 Å². The topological polar surface area (TPSA) is 424 Å². The van der Waals surface area contributed by atoms with Gasteiger partial charge in [-0.3, -0.25) is 38.4 Å². The first-order valence-corrected chi connectivity index (χ1v) is 29.8. The van der Waals surface area contributed by atoms with Crippen LogP contribution in [0.15, 0.2) is 66.7 Å². The number of carbonyl (C=O) groups is 8. The number of nitrogens with one attached hydrogen (secondary N) is 5. The normalized spacial score (nSPS) is 25.2. The number of ether oxygens (including phenoxy) is 3. The Kier molecular flexibility index (Phi) is 24.1. The van der Waals surface area contributed by atoms with Crippen LogP contribution in [0.3, 0.4) is 0 Å². The highest BCUT2D eigenvalue weighted by Gasteiger charge is 2.50. The van der Waals surface area contributed by atoms with E-state index in [9.17, 15) is 74.1 Å². The number of aliphatic hydroxyl groups excluding tert-OH is 6. The molecular weight excluding hydrogens is 1170 g/mol. The number of carbonyl (C=O) groups excluding carboxylic acids is 8. The summed E-state index contributed by atoms with van der Waals surface area (Å²) in [5.41, 5.74) is 7.05. The second-order valence-corrected chi connectivity index (χ2v) is 23.3. The van der Waals surface area contributed by atoms with Gasteiger partial charge >= 0.3 is 0 Å². The van der Waals surface area contributed by atoms with Crippen LogP contribution >= 0.6 is 11.3 Å². The average molecular weight is 1250 g/mol. The molecule has 7 rings (SSSR count). The zero-order valence-corrected chi connectivity index (χ0v) is 50.0. The second-order valence-electron chi connectivity index (χ2n) is 22.3. The molecule has 0 spiro atoms. The van der Waals surface area contributed by atoms with Gasteiger partial charge in [0.2, 0.25) is 41.4 Å². The number of fused-ring (bicyclic) bond motifs is 2. The summed E-state index contributed by atoms with van der Waals surface area (Å²) in [4.78, 5) is 115. The first-order valence-electron chi connectivity index (χ1n) is 29.0. The number of phenols is 1. The summed E-state index contributed by atoms with van der Waals surface area (Å²) < 4.78 is 16.2. The van der Waals surface area contributed by atoms with Gasteiger partial charge < -0.3 is 92.1 Å². The lowest BCUT2D eigenvalue weighted by molar-refractivity contribution is -0.147. The fourth-order valence-corrected chi connectivity index (χ4v) is 11.5. The number of hydrogen-bond acceptors (Lipinski definition) is 21. The minimum Gasteiger partial charge on any atom is -0.504 e. The standard InChI is InChI=1S/C59H78N10O18S/c1-30-28-69-49(50(30)77)55(82)61-27-36(71)24-39(62-51(78)33-11-13-34(14-12-33)56-66-67-57(88-56)35-15-17-38(18-16-35)87-21-9-7-5-6-8-20-85-3)52(79)63-46(31(2)70)58(83)68-29-37(72)25-40(68)53(80)64-47(42(74)22-32-10-19-41(73)44(23-32)86-4)54(81)65-48(59(69)84)43(75)26-45(60)76/h10-19,23,30-31,36-37,39-40,42-43,46-50,70-75,77H,5-9,20-22,24-29H2,1-4H3,(H2,60,76)(H,61,82)(H,62,78)(H,63,79)(H,64,80)(H,65,81)/t30?,31?,36?,37?,39-,40?,42?,43?,46?,47?,48?,49?,50?/m0/s1. The summed E-state index contributed by atoms with van der Waals surface area (Å²) in [7, 11) is 2.95. The van der Waals surface area contributed by atoms with Gasteiger partial charge in [0.25, 0.3) is 5.91 Å². The van der Waals surface area contributed by atoms with Crippen LogP contribution in [0.25, 0.3) is 21.1 Å². The van der Waals surface area contributed by atoms with Gasteiger partial charge in [-0.15, -0.1) is 10.2 Å². The number of primary amides is 1. The molecule has 4 aromatic rings. The molecule has 88 heavy (non-hydrogen) atoms. The van der Waals surface area contributed by atoms with Gasteiger partial charge in [0, 0.05) is 75.2 Å². The number of aromatic nitrogens is 2. The van der Waals surface area contributed by atoms with Crippen LogP contribution in [-0.2, 0) is 44.7 Å². The van der Waals surface area contributed by atoms with Gasteiger partial charge in [0.1, 0.15) is 52.0 Å². The molecule has 4 heterocycles. The summed E-state index contributed by atoms with van der Waals surface area (Å²) in [6.07, 6.45) is -7.91. The molecule has 12 unspecified atom stereocenters. The lowest BCUT2D eigenvalue weighted by Crippen LogP contribution is -2.64. The van der Waals surface area contributed by atoms with Crippen LogP contribution in [0.1, 0.15) is 81.1 Å². The Balaban J connectivity index is 1.15. The third kappa shape index (κ3) is 17.5. The number of methoxy groups -OCH3 is 2. The third-order valence-electron chi connectivity index (χ3n) is 15.5. The van der Waals surface area contributed by atoms with Crippen molar-refractivity contribution in [2.24, 2.45) is 11.7 Å². The van der Waals surface area contributed by atoms with Crippen LogP contribution in [0.4, 0.5) is 0 Å². The van der Waals surface area contributed by atoms with Gasteiger partial charge in [-0.25, -0.2) is 0 Å². The molecule has 13 atom stereocenters. The molecule has 0 radical (unpaired) electrons. The Bertz CT molecular complexity index is 3080. The van der Waals surface area contributed by atoms with Crippen LogP contribution in [0, 0.1) is 5.92 Å². The number of aromatic hydroxyl groups is 1. The molecule has 0 bridgehead atoms. The van der Waals surface area contributed by atoms with Crippen LogP contribution in [0.2, 0.25) is 0 Å². The summed E-state index contributed by atoms with van der Waals surface area (Å²) in [6.45, 7) is 2.33. The third-order valence-corrected chi connectivity index (χ3v) is 16.5. The van der Waals surface area contributed by atoms with Crippen LogP contribution in [-0.4, -0.2) is 223 Å². The maximum absolute atomic E-state index is 14.7. The van der Waals surface area contributed by atoms with E-state index in [2.05, 4.69) is 36.8 Å². The van der Waals surface area contributed by atoms with Gasteiger partial charge in [0.15, 0.2) is 11.5 Å². The van der Waals surface area contributed by atoms with Crippen LogP contribution < -0.4 is 41.8 Å². The number of nitrogens with zero attached hydrogens (tertiary/aromatic N) is 4. The molecular formula is C59H78N10O18S. The number of phenolic OH excluding ortho intramolecular Hbond substituents is 1. The molecule has 0 saturated carbocycles. The number of nitrogens with two attached hydrogens (primary N) is 1. The molecule has 8 amide bonds. The van der Waals surface area contributed by atoms with Crippen molar-refractivity contribution in [1.82, 2.24) is 46.6 Å². The van der Waals surface area contributed by atoms with Crippen molar-refractivity contribution < 1.29 is 88.3 Å². The largest absolute Gasteiger partial charge is 0.504 e. The number of amides is 8. The van der Waals surface area contributed by atoms with Gasteiger partial charge in [0.05, 0.1) is 56.8 Å². The molecule has 1 aromatic heterocycles. The summed E-state index contributed by atoms with van der Waals surface area (Å²) >= 11 is 1.30. The SMILES string of the molecule is COCCCCCCCOc1ccc(-c2nnc(-c3ccc(C(=O)N[C@H]4CC(O)CNC(=O)C5C(O)C(C)CN5C(=O)C(C(O)CC(N)=O)NC(=O)C(C(O)Cc5ccc(O)c(OC)c5)NC(=O)C5CC(O)CN5C(=O)C(C(C)O)NC4=O)cc3)s2)cc1. The molecule has 478 valence electrons. The lowest BCUT2D eigenvalue weighted by Gasteiger charge is -2.33. The number of β-amino-alcohol motifs (C(OH)–C–C–N with tert-alkyl or cyclic N) is 1. The highest BCUT2D eigenvalue weighted by molar-refractivity contribution is 7.17. The van der Waals surface area contributed by atoms with Crippen molar-refractivity contribution in [3.63, 3.8) is 0 Å². The van der Waals surface area contributed by atoms with E-state index >= 15 is 0 Å². The van der Waals surface area contributed by atoms with Crippen LogP contribution in [0.5, 0.6) is 17.2 Å². The van der Waals surface area contributed by atoms with E-state index in [1.807, 2.05) is 24.3 Å². The molecule has 3 aromatic carbocycles. The fraction of sp³-hybridized carbons (Fsp3) is 0.525. The van der Waals surface area contributed by atoms with Crippen molar-refractivity contribution in [2.45, 2.75) is 145 Å². The van der Waals surface area contributed by atoms with Gasteiger partial charge in [-0.1, -0.05) is 55.7 Å². The molecule has 29 heteroatoms. The fourth-order valence-electron chi connectivity index (χ4n) is 10.7. The number of rotatable bonds is 21. The quantitative estimate of drug-likeness (QED) is 0.0417. The van der Waals surface area contributed by atoms with E-state index in [0.29, 0.717) is 22.2 Å². The van der Waals surface area contributed by atoms with Gasteiger partial charge in [-0.2, -0.15) is 0 Å². The Morgan fingerprint density at radius 3 is 1.98 bits per heavy atom.